The molecule has 1 aliphatic heterocycles. The molecule has 2 aromatic rings. The van der Waals surface area contributed by atoms with E-state index in [-0.39, 0.29) is 23.6 Å². The maximum atomic E-state index is 13.1. The van der Waals surface area contributed by atoms with E-state index in [4.69, 9.17) is 4.74 Å². The Morgan fingerprint density at radius 1 is 1.15 bits per heavy atom. The Bertz CT molecular complexity index is 812. The predicted octanol–water partition coefficient (Wildman–Crippen LogP) is 3.89. The molecule has 0 radical (unpaired) electrons. The van der Waals surface area contributed by atoms with Crippen LogP contribution in [0.2, 0.25) is 0 Å². The van der Waals surface area contributed by atoms with Crippen molar-refractivity contribution in [3.05, 3.63) is 59.5 Å². The monoisotopic (exact) mass is 370 g/mol. The van der Waals surface area contributed by atoms with Gasteiger partial charge in [-0.3, -0.25) is 4.79 Å². The summed E-state index contributed by atoms with van der Waals surface area (Å²) in [7, 11) is 0. The van der Waals surface area contributed by atoms with Gasteiger partial charge in [-0.2, -0.15) is 0 Å². The van der Waals surface area contributed by atoms with E-state index in [9.17, 15) is 14.0 Å². The minimum atomic E-state index is -0.391. The highest BCUT2D eigenvalue weighted by Gasteiger charge is 2.28. The molecule has 1 fully saturated rings. The van der Waals surface area contributed by atoms with Crippen LogP contribution >= 0.6 is 0 Å². The summed E-state index contributed by atoms with van der Waals surface area (Å²) >= 11 is 0. The van der Waals surface area contributed by atoms with E-state index in [1.54, 1.807) is 32.2 Å². The van der Waals surface area contributed by atoms with Crippen molar-refractivity contribution in [1.29, 1.82) is 0 Å². The van der Waals surface area contributed by atoms with Crippen molar-refractivity contribution in [3.63, 3.8) is 0 Å². The number of benzene rings is 1. The number of piperidine rings is 1. The molecule has 0 aliphatic carbocycles. The van der Waals surface area contributed by atoms with Crippen molar-refractivity contribution < 1.29 is 18.7 Å². The summed E-state index contributed by atoms with van der Waals surface area (Å²) in [4.78, 5) is 31.3. The molecule has 2 heterocycles. The highest BCUT2D eigenvalue weighted by Crippen LogP contribution is 2.27. The molecule has 142 valence electrons. The number of Topliss-reactive ketones (excluding diaryl/α,β-unsaturated/α-hetero) is 1. The largest absolute Gasteiger partial charge is 0.459 e. The average Bonchev–Trinajstić information content (AvgIpc) is 2.67. The molecule has 27 heavy (non-hydrogen) atoms. The molecule has 5 nitrogen and oxygen atoms in total. The number of pyridine rings is 1. The smallest absolute Gasteiger partial charge is 0.342 e. The molecule has 1 aromatic heterocycles. The highest BCUT2D eigenvalue weighted by molar-refractivity contribution is 5.98. The summed E-state index contributed by atoms with van der Waals surface area (Å²) in [6, 6.07) is 9.10. The Kier molecular flexibility index (Phi) is 5.84. The van der Waals surface area contributed by atoms with Crippen LogP contribution in [0.5, 0.6) is 0 Å². The maximum Gasteiger partial charge on any atom is 0.342 e. The normalized spacial score (nSPS) is 15.0. The molecule has 1 saturated heterocycles. The van der Waals surface area contributed by atoms with E-state index < -0.39 is 5.97 Å². The first-order valence-electron chi connectivity index (χ1n) is 9.16. The highest BCUT2D eigenvalue weighted by atomic mass is 19.1. The van der Waals surface area contributed by atoms with E-state index in [2.05, 4.69) is 4.98 Å². The van der Waals surface area contributed by atoms with Gasteiger partial charge in [0.1, 0.15) is 17.2 Å². The second-order valence-corrected chi connectivity index (χ2v) is 6.96. The lowest BCUT2D eigenvalue weighted by atomic mass is 9.89. The number of carbonyl (C=O) groups is 2. The molecule has 0 bridgehead atoms. The molecule has 0 spiro atoms. The Hall–Kier alpha value is -2.76. The molecule has 0 atom stereocenters. The lowest BCUT2D eigenvalue weighted by molar-refractivity contribution is 0.0378. The number of carbonyl (C=O) groups excluding carboxylic acids is 2. The van der Waals surface area contributed by atoms with E-state index in [1.165, 1.54) is 24.3 Å². The number of nitrogens with zero attached hydrogens (tertiary/aromatic N) is 2. The minimum Gasteiger partial charge on any atom is -0.459 e. The quantitative estimate of drug-likeness (QED) is 0.590. The van der Waals surface area contributed by atoms with Gasteiger partial charge in [-0.25, -0.2) is 14.2 Å². The van der Waals surface area contributed by atoms with Crippen molar-refractivity contribution in [2.75, 3.05) is 18.0 Å². The van der Waals surface area contributed by atoms with Crippen LogP contribution in [-0.4, -0.2) is 35.9 Å². The zero-order chi connectivity index (χ0) is 19.4. The van der Waals surface area contributed by atoms with Crippen LogP contribution in [0.3, 0.4) is 0 Å². The SMILES string of the molecule is CC(C)OC(=O)c1cccnc1N1CCC(C(=O)c2ccc(F)cc2)CC1. The molecular weight excluding hydrogens is 347 g/mol. The first kappa shape index (κ1) is 19.0. The topological polar surface area (TPSA) is 59.5 Å². The van der Waals surface area contributed by atoms with Crippen molar-refractivity contribution in [2.24, 2.45) is 5.92 Å². The van der Waals surface area contributed by atoms with Crippen LogP contribution in [0.1, 0.15) is 47.4 Å². The number of ether oxygens (including phenoxy) is 1. The Balaban J connectivity index is 1.68. The third-order valence-electron chi connectivity index (χ3n) is 4.64. The second kappa shape index (κ2) is 8.29. The van der Waals surface area contributed by atoms with Crippen LogP contribution < -0.4 is 4.90 Å². The molecule has 6 heteroatoms. The van der Waals surface area contributed by atoms with Crippen LogP contribution in [0, 0.1) is 11.7 Å². The average molecular weight is 370 g/mol. The zero-order valence-corrected chi connectivity index (χ0v) is 15.5. The summed E-state index contributed by atoms with van der Waals surface area (Å²) < 4.78 is 18.4. The van der Waals surface area contributed by atoms with Crippen molar-refractivity contribution >= 4 is 17.6 Å². The molecule has 0 N–H and O–H groups in total. The van der Waals surface area contributed by atoms with Crippen LogP contribution in [-0.2, 0) is 4.74 Å². The number of hydrogen-bond donors (Lipinski definition) is 0. The maximum absolute atomic E-state index is 13.1. The lowest BCUT2D eigenvalue weighted by Gasteiger charge is -2.33. The molecule has 1 aliphatic rings. The van der Waals surface area contributed by atoms with Gasteiger partial charge >= 0.3 is 5.97 Å². The summed E-state index contributed by atoms with van der Waals surface area (Å²) in [6.45, 7) is 4.86. The van der Waals surface area contributed by atoms with Crippen LogP contribution in [0.4, 0.5) is 10.2 Å². The fraction of sp³-hybridized carbons (Fsp3) is 0.381. The minimum absolute atomic E-state index is 0.0371. The third kappa shape index (κ3) is 4.51. The van der Waals surface area contributed by atoms with Crippen LogP contribution in [0.25, 0.3) is 0 Å². The molecule has 0 amide bonds. The first-order valence-corrected chi connectivity index (χ1v) is 9.16. The van der Waals surface area contributed by atoms with E-state index in [0.717, 1.165) is 0 Å². The van der Waals surface area contributed by atoms with Crippen molar-refractivity contribution in [3.8, 4) is 0 Å². The number of esters is 1. The number of halogens is 1. The molecule has 0 saturated carbocycles. The van der Waals surface area contributed by atoms with Gasteiger partial charge in [-0.15, -0.1) is 0 Å². The predicted molar refractivity (Wildman–Crippen MR) is 100 cm³/mol. The van der Waals surface area contributed by atoms with Gasteiger partial charge in [0, 0.05) is 30.8 Å². The van der Waals surface area contributed by atoms with Crippen molar-refractivity contribution in [1.82, 2.24) is 4.98 Å². The Morgan fingerprint density at radius 3 is 2.44 bits per heavy atom. The van der Waals surface area contributed by atoms with Crippen molar-refractivity contribution in [2.45, 2.75) is 32.8 Å². The van der Waals surface area contributed by atoms with Gasteiger partial charge in [0.2, 0.25) is 0 Å². The summed E-state index contributed by atoms with van der Waals surface area (Å²) in [5.41, 5.74) is 0.975. The lowest BCUT2D eigenvalue weighted by Crippen LogP contribution is -2.37. The van der Waals surface area contributed by atoms with Gasteiger partial charge < -0.3 is 9.64 Å². The zero-order valence-electron chi connectivity index (χ0n) is 15.5. The van der Waals surface area contributed by atoms with Gasteiger partial charge in [-0.1, -0.05) is 0 Å². The van der Waals surface area contributed by atoms with E-state index in [0.29, 0.717) is 42.9 Å². The molecule has 3 rings (SSSR count). The summed E-state index contributed by atoms with van der Waals surface area (Å²) in [6.07, 6.45) is 2.76. The summed E-state index contributed by atoms with van der Waals surface area (Å²) in [5, 5.41) is 0. The first-order chi connectivity index (χ1) is 13.0. The standard InChI is InChI=1S/C21H23FN2O3/c1-14(2)27-21(26)18-4-3-11-23-20(18)24-12-9-16(10-13-24)19(25)15-5-7-17(22)8-6-15/h3-8,11,14,16H,9-10,12-13H2,1-2H3. The fourth-order valence-corrected chi connectivity index (χ4v) is 3.29. The number of ketones is 1. The molecule has 1 aromatic carbocycles. The van der Waals surface area contributed by atoms with Crippen LogP contribution in [0.15, 0.2) is 42.6 Å². The second-order valence-electron chi connectivity index (χ2n) is 6.96. The Morgan fingerprint density at radius 2 is 1.81 bits per heavy atom. The van der Waals surface area contributed by atoms with Gasteiger partial charge in [-0.05, 0) is 63.1 Å². The number of aromatic nitrogens is 1. The summed E-state index contributed by atoms with van der Waals surface area (Å²) in [5.74, 6) is -0.220. The molecular formula is C21H23FN2O3. The van der Waals surface area contributed by atoms with E-state index in [1.807, 2.05) is 4.90 Å². The van der Waals surface area contributed by atoms with Gasteiger partial charge in [0.15, 0.2) is 5.78 Å². The molecule has 0 unspecified atom stereocenters. The number of hydrogen-bond acceptors (Lipinski definition) is 5. The van der Waals surface area contributed by atoms with E-state index >= 15 is 0 Å². The number of anilines is 1. The Labute approximate surface area is 158 Å². The third-order valence-corrected chi connectivity index (χ3v) is 4.64. The fourth-order valence-electron chi connectivity index (χ4n) is 3.29. The number of rotatable bonds is 5. The van der Waals surface area contributed by atoms with Gasteiger partial charge in [0.05, 0.1) is 6.10 Å². The van der Waals surface area contributed by atoms with Gasteiger partial charge in [0.25, 0.3) is 0 Å².